The maximum absolute atomic E-state index is 14.4. The van der Waals surface area contributed by atoms with Crippen molar-refractivity contribution in [2.75, 3.05) is 33.0 Å². The standard InChI is InChI=1S/C99H105NO18/c101-87-88(107-63-77-43-20-5-21-44-77)84(70-103-60-74-37-14-2-15-38-74)115-97(91(87)110-66-80-49-26-8-27-50-80)118-95-93(112-68-82-53-30-10-31-54-82)90(109-65-79-47-24-7-25-48-79)86(72-105-62-76-41-18-4-19-42-76)116-98(95)117-94-92(111-67-81-51-28-9-29-52-81)89(108-64-78-45-22-6-23-46-78)85(71-104-61-75-39-16-3-17-40-75)114-96(94)106-58-34-57-100(59-73-35-12-1-13-36-73)99(102)113-69-83-55-32-11-33-56-83/h1-33,35-56,84-98,101H,34,57-72H2/t84-,85-,86-,87+,88-,89-,90-,91+,92+,93+,94+,95+,96+,97-,98-/m1/s1. The second-order valence-corrected chi connectivity index (χ2v) is 29.6. The first-order chi connectivity index (χ1) is 58.3. The first-order valence-electron chi connectivity index (χ1n) is 40.7. The molecule has 0 bridgehead atoms. The molecule has 0 saturated carbocycles. The number of carbonyl (C=O) groups excluding carboxylic acids is 1. The minimum absolute atomic E-state index is 0.0184. The highest BCUT2D eigenvalue weighted by molar-refractivity contribution is 5.67. The quantitative estimate of drug-likeness (QED) is 0.0355. The van der Waals surface area contributed by atoms with Gasteiger partial charge in [-0.15, -0.1) is 0 Å². The summed E-state index contributed by atoms with van der Waals surface area (Å²) in [6.07, 6.45) is -17.9. The van der Waals surface area contributed by atoms with Gasteiger partial charge in [0.25, 0.3) is 0 Å². The van der Waals surface area contributed by atoms with Crippen LogP contribution in [0, 0.1) is 0 Å². The maximum atomic E-state index is 14.4. The molecule has 3 aliphatic heterocycles. The Morgan fingerprint density at radius 3 is 0.864 bits per heavy atom. The first-order valence-corrected chi connectivity index (χ1v) is 40.7. The Hall–Kier alpha value is -9.95. The second-order valence-electron chi connectivity index (χ2n) is 29.6. The Bertz CT molecular complexity index is 4570. The summed E-state index contributed by atoms with van der Waals surface area (Å²) >= 11 is 0. The molecular weight excluding hydrogens is 1490 g/mol. The van der Waals surface area contributed by atoms with E-state index in [1.807, 2.05) is 334 Å². The minimum Gasteiger partial charge on any atom is -0.445 e. The summed E-state index contributed by atoms with van der Waals surface area (Å²) in [4.78, 5) is 16.1. The van der Waals surface area contributed by atoms with Crippen molar-refractivity contribution < 1.29 is 85.7 Å². The van der Waals surface area contributed by atoms with Gasteiger partial charge >= 0.3 is 6.09 Å². The lowest BCUT2D eigenvalue weighted by Crippen LogP contribution is -2.68. The smallest absolute Gasteiger partial charge is 0.410 e. The van der Waals surface area contributed by atoms with E-state index in [4.69, 9.17) is 75.8 Å². The molecule has 614 valence electrons. The SMILES string of the molecule is O=C(OCc1ccccc1)N(CCCO[C@H]1O[C@H](COCc2ccccc2)[C@@H](OCc2ccccc2)[C@H](OCc2ccccc2)[C@@H]1O[C@H]1O[C@H](COCc2ccccc2)[C@@H](OCc2ccccc2)[C@H](OCc2ccccc2)[C@@H]1O[C@H]1O[C@H](COCc2ccccc2)[C@@H](OCc2ccccc2)[C@H](O)[C@@H]1OCc1ccccc1)Cc1ccccc1. The highest BCUT2D eigenvalue weighted by Crippen LogP contribution is 2.40. The summed E-state index contributed by atoms with van der Waals surface area (Å²) in [5.41, 5.74) is 9.78. The van der Waals surface area contributed by atoms with Crippen LogP contribution in [0.3, 0.4) is 0 Å². The molecular formula is C99H105NO18. The van der Waals surface area contributed by atoms with E-state index < -0.39 is 98.2 Å². The van der Waals surface area contributed by atoms with Crippen molar-refractivity contribution in [1.82, 2.24) is 4.90 Å². The third kappa shape index (κ3) is 25.5. The van der Waals surface area contributed by atoms with Crippen molar-refractivity contribution in [3.05, 3.63) is 395 Å². The van der Waals surface area contributed by atoms with Gasteiger partial charge in [0, 0.05) is 13.1 Å². The molecule has 0 aromatic heterocycles. The van der Waals surface area contributed by atoms with Gasteiger partial charge in [-0.05, 0) is 67.6 Å². The van der Waals surface area contributed by atoms with E-state index in [0.29, 0.717) is 6.42 Å². The Morgan fingerprint density at radius 2 is 0.525 bits per heavy atom. The van der Waals surface area contributed by atoms with Crippen molar-refractivity contribution >= 4 is 6.09 Å². The van der Waals surface area contributed by atoms with Gasteiger partial charge in [-0.25, -0.2) is 4.79 Å². The summed E-state index contributed by atoms with van der Waals surface area (Å²) in [5, 5.41) is 13.5. The first kappa shape index (κ1) is 84.5. The number of hydrogen-bond donors (Lipinski definition) is 1. The van der Waals surface area contributed by atoms with E-state index in [9.17, 15) is 9.90 Å². The van der Waals surface area contributed by atoms with Crippen LogP contribution in [0.2, 0.25) is 0 Å². The lowest BCUT2D eigenvalue weighted by Gasteiger charge is -2.51. The average molecular weight is 1600 g/mol. The molecule has 11 aromatic rings. The van der Waals surface area contributed by atoms with Crippen LogP contribution in [0.15, 0.2) is 334 Å². The molecule has 0 aliphatic carbocycles. The fourth-order valence-electron chi connectivity index (χ4n) is 14.7. The minimum atomic E-state index is -1.53. The van der Waals surface area contributed by atoms with Crippen molar-refractivity contribution in [3.63, 3.8) is 0 Å². The van der Waals surface area contributed by atoms with Gasteiger partial charge in [0.05, 0.1) is 85.9 Å². The number of hydrogen-bond acceptors (Lipinski definition) is 18. The third-order valence-corrected chi connectivity index (χ3v) is 20.8. The number of aliphatic hydroxyl groups is 1. The maximum Gasteiger partial charge on any atom is 0.410 e. The molecule has 3 heterocycles. The van der Waals surface area contributed by atoms with Gasteiger partial charge in [-0.1, -0.05) is 334 Å². The largest absolute Gasteiger partial charge is 0.445 e. The van der Waals surface area contributed by atoms with Crippen LogP contribution >= 0.6 is 0 Å². The van der Waals surface area contributed by atoms with E-state index in [2.05, 4.69) is 0 Å². The molecule has 0 spiro atoms. The van der Waals surface area contributed by atoms with Crippen LogP contribution in [0.5, 0.6) is 0 Å². The number of nitrogens with zero attached hydrogens (tertiary/aromatic N) is 1. The molecule has 118 heavy (non-hydrogen) atoms. The molecule has 1 N–H and O–H groups in total. The molecule has 1 amide bonds. The molecule has 3 aliphatic rings. The predicted molar refractivity (Wildman–Crippen MR) is 444 cm³/mol. The lowest BCUT2D eigenvalue weighted by molar-refractivity contribution is -0.405. The van der Waals surface area contributed by atoms with Crippen LogP contribution in [-0.2, 0) is 148 Å². The molecule has 19 heteroatoms. The molecule has 19 nitrogen and oxygen atoms in total. The summed E-state index contributed by atoms with van der Waals surface area (Å²) in [6, 6.07) is 108. The second kappa shape index (κ2) is 45.8. The summed E-state index contributed by atoms with van der Waals surface area (Å²) < 4.78 is 115. The van der Waals surface area contributed by atoms with Crippen LogP contribution in [-0.4, -0.2) is 141 Å². The van der Waals surface area contributed by atoms with E-state index in [-0.39, 0.29) is 106 Å². The summed E-state index contributed by atoms with van der Waals surface area (Å²) in [7, 11) is 0. The Labute approximate surface area is 692 Å². The molecule has 14 rings (SSSR count). The number of amides is 1. The molecule has 11 aromatic carbocycles. The average Bonchev–Trinajstić information content (AvgIpc) is 0.760. The van der Waals surface area contributed by atoms with Crippen molar-refractivity contribution in [1.29, 1.82) is 0 Å². The van der Waals surface area contributed by atoms with Gasteiger partial charge < -0.3 is 85.8 Å². The van der Waals surface area contributed by atoms with Crippen molar-refractivity contribution in [2.45, 2.75) is 171 Å². The lowest BCUT2D eigenvalue weighted by atomic mass is 9.95. The molecule has 3 saturated heterocycles. The zero-order valence-electron chi connectivity index (χ0n) is 66.3. The predicted octanol–water partition coefficient (Wildman–Crippen LogP) is 16.7. The van der Waals surface area contributed by atoms with Crippen LogP contribution in [0.25, 0.3) is 0 Å². The molecule has 0 radical (unpaired) electrons. The van der Waals surface area contributed by atoms with E-state index in [1.165, 1.54) is 0 Å². The van der Waals surface area contributed by atoms with Gasteiger partial charge in [-0.3, -0.25) is 0 Å². The molecule has 15 atom stereocenters. The highest BCUT2D eigenvalue weighted by atomic mass is 16.8. The van der Waals surface area contributed by atoms with Crippen LogP contribution in [0.1, 0.15) is 67.6 Å². The van der Waals surface area contributed by atoms with Gasteiger partial charge in [0.2, 0.25) is 0 Å². The van der Waals surface area contributed by atoms with Gasteiger partial charge in [0.1, 0.15) is 79.9 Å². The third-order valence-electron chi connectivity index (χ3n) is 20.8. The summed E-state index contributed by atoms with van der Waals surface area (Å²) in [6.45, 7) is 1.73. The number of rotatable bonds is 43. The van der Waals surface area contributed by atoms with Crippen LogP contribution < -0.4 is 0 Å². The Kier molecular flexibility index (Phi) is 32.8. The Balaban J connectivity index is 0.892. The monoisotopic (exact) mass is 1600 g/mol. The number of ether oxygens (including phenoxy) is 16. The fraction of sp³-hybridized carbons (Fsp3) is 0.323. The number of aliphatic hydroxyl groups excluding tert-OH is 1. The number of benzene rings is 11. The van der Waals surface area contributed by atoms with Gasteiger partial charge in [0.15, 0.2) is 18.9 Å². The van der Waals surface area contributed by atoms with E-state index >= 15 is 0 Å². The topological polar surface area (TPSA) is 188 Å². The number of carbonyl (C=O) groups is 1. The van der Waals surface area contributed by atoms with Crippen LogP contribution in [0.4, 0.5) is 4.79 Å². The van der Waals surface area contributed by atoms with Crippen molar-refractivity contribution in [2.24, 2.45) is 0 Å². The fourth-order valence-corrected chi connectivity index (χ4v) is 14.7. The summed E-state index contributed by atoms with van der Waals surface area (Å²) in [5.74, 6) is 0. The molecule has 3 fully saturated rings. The zero-order valence-corrected chi connectivity index (χ0v) is 66.3. The van der Waals surface area contributed by atoms with Crippen molar-refractivity contribution in [3.8, 4) is 0 Å². The van der Waals surface area contributed by atoms with E-state index in [0.717, 1.165) is 61.2 Å². The normalized spacial score (nSPS) is 23.1. The van der Waals surface area contributed by atoms with Gasteiger partial charge in [-0.2, -0.15) is 0 Å². The van der Waals surface area contributed by atoms with E-state index in [1.54, 1.807) is 4.90 Å². The highest BCUT2D eigenvalue weighted by Gasteiger charge is 2.57. The zero-order chi connectivity index (χ0) is 80.4. The molecule has 0 unspecified atom stereocenters. The Morgan fingerprint density at radius 1 is 0.271 bits per heavy atom.